The molecule has 0 amide bonds. The maximum Gasteiger partial charge on any atom is 0.147 e. The van der Waals surface area contributed by atoms with E-state index < -0.39 is 0 Å². The Hall–Kier alpha value is -2.12. The van der Waals surface area contributed by atoms with Gasteiger partial charge in [0.05, 0.1) is 11.1 Å². The van der Waals surface area contributed by atoms with Crippen molar-refractivity contribution in [1.29, 1.82) is 5.26 Å². The van der Waals surface area contributed by atoms with Crippen molar-refractivity contribution in [3.05, 3.63) is 35.9 Å². The van der Waals surface area contributed by atoms with Gasteiger partial charge >= 0.3 is 0 Å². The van der Waals surface area contributed by atoms with Crippen LogP contribution in [0.1, 0.15) is 18.4 Å². The van der Waals surface area contributed by atoms with Gasteiger partial charge in [0, 0.05) is 24.5 Å². The Morgan fingerprint density at radius 2 is 2.21 bits per heavy atom. The summed E-state index contributed by atoms with van der Waals surface area (Å²) in [4.78, 5) is 6.79. The molecule has 1 aliphatic heterocycles. The zero-order valence-electron chi connectivity index (χ0n) is 10.7. The third-order valence-electron chi connectivity index (χ3n) is 3.58. The molecular formula is C15H16N4. The maximum absolute atomic E-state index is 9.33. The van der Waals surface area contributed by atoms with Crippen molar-refractivity contribution in [3.63, 3.8) is 0 Å². The molecule has 2 heterocycles. The van der Waals surface area contributed by atoms with E-state index in [1.807, 2.05) is 30.3 Å². The van der Waals surface area contributed by atoms with Crippen LogP contribution in [-0.2, 0) is 0 Å². The van der Waals surface area contributed by atoms with Crippen molar-refractivity contribution in [2.75, 3.05) is 18.0 Å². The zero-order chi connectivity index (χ0) is 13.2. The van der Waals surface area contributed by atoms with Gasteiger partial charge in [-0.05, 0) is 25.0 Å². The Morgan fingerprint density at radius 1 is 1.37 bits per heavy atom. The summed E-state index contributed by atoms with van der Waals surface area (Å²) in [5.74, 6) is 0.774. The average molecular weight is 252 g/mol. The fourth-order valence-electron chi connectivity index (χ4n) is 2.63. The molecule has 0 unspecified atom stereocenters. The smallest absolute Gasteiger partial charge is 0.147 e. The summed E-state index contributed by atoms with van der Waals surface area (Å²) in [6, 6.07) is 12.2. The van der Waals surface area contributed by atoms with Crippen LogP contribution in [0.15, 0.2) is 30.3 Å². The quantitative estimate of drug-likeness (QED) is 0.843. The highest BCUT2D eigenvalue weighted by Crippen LogP contribution is 2.25. The minimum absolute atomic E-state index is 0.175. The summed E-state index contributed by atoms with van der Waals surface area (Å²) < 4.78 is 0. The van der Waals surface area contributed by atoms with E-state index in [1.165, 1.54) is 0 Å². The first kappa shape index (κ1) is 11.9. The number of piperidine rings is 1. The van der Waals surface area contributed by atoms with Gasteiger partial charge in [0.2, 0.25) is 0 Å². The zero-order valence-corrected chi connectivity index (χ0v) is 10.7. The second kappa shape index (κ2) is 4.87. The van der Waals surface area contributed by atoms with E-state index in [2.05, 4.69) is 16.0 Å². The van der Waals surface area contributed by atoms with Gasteiger partial charge in [-0.3, -0.25) is 0 Å². The number of pyridine rings is 1. The molecule has 2 N–H and O–H groups in total. The van der Waals surface area contributed by atoms with E-state index in [0.717, 1.165) is 42.7 Å². The van der Waals surface area contributed by atoms with Crippen LogP contribution in [0.25, 0.3) is 10.9 Å². The number of anilines is 1. The minimum atomic E-state index is 0.175. The normalized spacial score (nSPS) is 19.4. The lowest BCUT2D eigenvalue weighted by atomic mass is 10.1. The highest BCUT2D eigenvalue weighted by Gasteiger charge is 2.20. The Kier molecular flexibility index (Phi) is 3.06. The van der Waals surface area contributed by atoms with Crippen LogP contribution < -0.4 is 10.6 Å². The predicted octanol–water partition coefficient (Wildman–Crippen LogP) is 2.03. The van der Waals surface area contributed by atoms with Crippen molar-refractivity contribution in [2.45, 2.75) is 18.9 Å². The first-order valence-electron chi connectivity index (χ1n) is 6.58. The fourth-order valence-corrected chi connectivity index (χ4v) is 2.63. The lowest BCUT2D eigenvalue weighted by molar-refractivity contribution is 0.503. The predicted molar refractivity (Wildman–Crippen MR) is 75.9 cm³/mol. The molecule has 1 aromatic carbocycles. The lowest BCUT2D eigenvalue weighted by Gasteiger charge is -2.32. The highest BCUT2D eigenvalue weighted by atomic mass is 15.2. The first-order chi connectivity index (χ1) is 9.28. The van der Waals surface area contributed by atoms with Crippen LogP contribution in [-0.4, -0.2) is 24.1 Å². The molecule has 1 saturated heterocycles. The van der Waals surface area contributed by atoms with E-state index in [9.17, 15) is 5.26 Å². The molecule has 1 aromatic heterocycles. The van der Waals surface area contributed by atoms with E-state index in [-0.39, 0.29) is 6.04 Å². The number of nitrogens with two attached hydrogens (primary N) is 1. The fraction of sp³-hybridized carbons (Fsp3) is 0.333. The molecule has 4 nitrogen and oxygen atoms in total. The van der Waals surface area contributed by atoms with Crippen molar-refractivity contribution < 1.29 is 0 Å². The largest absolute Gasteiger partial charge is 0.354 e. The van der Waals surface area contributed by atoms with Gasteiger partial charge in [-0.2, -0.15) is 5.26 Å². The molecule has 0 aliphatic carbocycles. The second-order valence-corrected chi connectivity index (χ2v) is 5.01. The number of fused-ring (bicyclic) bond motifs is 1. The van der Waals surface area contributed by atoms with E-state index in [0.29, 0.717) is 5.56 Å². The number of hydrogen-bond acceptors (Lipinski definition) is 4. The van der Waals surface area contributed by atoms with Crippen LogP contribution in [0.4, 0.5) is 5.82 Å². The molecule has 0 bridgehead atoms. The van der Waals surface area contributed by atoms with Crippen molar-refractivity contribution in [1.82, 2.24) is 4.98 Å². The maximum atomic E-state index is 9.33. The molecule has 1 fully saturated rings. The van der Waals surface area contributed by atoms with E-state index >= 15 is 0 Å². The molecule has 0 saturated carbocycles. The average Bonchev–Trinajstić information content (AvgIpc) is 2.46. The molecule has 0 spiro atoms. The van der Waals surface area contributed by atoms with Crippen LogP contribution in [0, 0.1) is 11.3 Å². The number of nitriles is 1. The summed E-state index contributed by atoms with van der Waals surface area (Å²) in [5, 5.41) is 10.3. The molecule has 0 radical (unpaired) electrons. The van der Waals surface area contributed by atoms with Crippen LogP contribution in [0.5, 0.6) is 0 Å². The third-order valence-corrected chi connectivity index (χ3v) is 3.58. The first-order valence-corrected chi connectivity index (χ1v) is 6.58. The number of hydrogen-bond donors (Lipinski definition) is 1. The van der Waals surface area contributed by atoms with Gasteiger partial charge in [-0.25, -0.2) is 4.98 Å². The van der Waals surface area contributed by atoms with Crippen LogP contribution in [0.3, 0.4) is 0 Å². The summed E-state index contributed by atoms with van der Waals surface area (Å²) in [7, 11) is 0. The molecule has 1 aliphatic rings. The number of rotatable bonds is 1. The Labute approximate surface area is 112 Å². The molecule has 4 heteroatoms. The number of nitrogens with zero attached hydrogens (tertiary/aromatic N) is 3. The summed E-state index contributed by atoms with van der Waals surface area (Å²) in [6.07, 6.45) is 2.10. The van der Waals surface area contributed by atoms with Gasteiger partial charge in [0.15, 0.2) is 0 Å². The molecule has 3 rings (SSSR count). The Balaban J connectivity index is 2.08. The number of aromatic nitrogens is 1. The van der Waals surface area contributed by atoms with Crippen LogP contribution >= 0.6 is 0 Å². The molecule has 1 atom stereocenters. The summed E-state index contributed by atoms with van der Waals surface area (Å²) >= 11 is 0. The van der Waals surface area contributed by atoms with Gasteiger partial charge in [-0.1, -0.05) is 18.2 Å². The third kappa shape index (κ3) is 2.25. The summed E-state index contributed by atoms with van der Waals surface area (Å²) in [5.41, 5.74) is 7.57. The Morgan fingerprint density at radius 3 is 3.00 bits per heavy atom. The second-order valence-electron chi connectivity index (χ2n) is 5.01. The molecule has 96 valence electrons. The van der Waals surface area contributed by atoms with Gasteiger partial charge < -0.3 is 10.6 Å². The molecule has 2 aromatic rings. The standard InChI is InChI=1S/C15H16N4/c16-9-12-8-11-4-1-2-6-14(11)18-15(12)19-7-3-5-13(17)10-19/h1-2,4,6,8,13H,3,5,7,10,17H2/t13-/m1/s1. The molecule has 19 heavy (non-hydrogen) atoms. The molecular weight excluding hydrogens is 236 g/mol. The van der Waals surface area contributed by atoms with Crippen LogP contribution in [0.2, 0.25) is 0 Å². The van der Waals surface area contributed by atoms with Gasteiger partial charge in [0.1, 0.15) is 11.9 Å². The summed E-state index contributed by atoms with van der Waals surface area (Å²) in [6.45, 7) is 1.70. The van der Waals surface area contributed by atoms with Crippen molar-refractivity contribution in [3.8, 4) is 6.07 Å². The Bertz CT molecular complexity index is 644. The number of benzene rings is 1. The lowest BCUT2D eigenvalue weighted by Crippen LogP contribution is -2.43. The van der Waals surface area contributed by atoms with Gasteiger partial charge in [0.25, 0.3) is 0 Å². The SMILES string of the molecule is N#Cc1cc2ccccc2nc1N1CCC[C@@H](N)C1. The number of para-hydroxylation sites is 1. The topological polar surface area (TPSA) is 65.9 Å². The highest BCUT2D eigenvalue weighted by molar-refractivity contribution is 5.83. The van der Waals surface area contributed by atoms with Crippen molar-refractivity contribution >= 4 is 16.7 Å². The van der Waals surface area contributed by atoms with E-state index in [4.69, 9.17) is 5.73 Å². The minimum Gasteiger partial charge on any atom is -0.354 e. The van der Waals surface area contributed by atoms with Gasteiger partial charge in [-0.15, -0.1) is 0 Å². The van der Waals surface area contributed by atoms with Crippen molar-refractivity contribution in [2.24, 2.45) is 5.73 Å². The monoisotopic (exact) mass is 252 g/mol. The van der Waals surface area contributed by atoms with E-state index in [1.54, 1.807) is 0 Å².